The number of primary amides is 1. The van der Waals surface area contributed by atoms with Crippen molar-refractivity contribution in [2.45, 2.75) is 0 Å². The maximum atomic E-state index is 10.1. The Balaban J connectivity index is 3.92. The summed E-state index contributed by atoms with van der Waals surface area (Å²) in [5.74, 6) is -0.708. The van der Waals surface area contributed by atoms with Crippen LogP contribution in [0.5, 0.6) is 0 Å². The van der Waals surface area contributed by atoms with E-state index in [-0.39, 0.29) is 5.04 Å². The Morgan fingerprint density at radius 1 is 1.88 bits per heavy atom. The van der Waals surface area contributed by atoms with E-state index < -0.39 is 5.91 Å². The van der Waals surface area contributed by atoms with Crippen molar-refractivity contribution in [3.05, 3.63) is 0 Å². The van der Waals surface area contributed by atoms with Crippen LogP contribution in [0.25, 0.3) is 0 Å². The minimum Gasteiger partial charge on any atom is -0.410 e. The molecule has 0 bridgehead atoms. The average Bonchev–Trinajstić information content (AvgIpc) is 1.69. The predicted octanol–water partition coefficient (Wildman–Crippen LogP) is -0.378. The number of rotatable bonds is 0. The fourth-order valence-electron chi connectivity index (χ4n) is 0.191. The molecule has 0 heterocycles. The van der Waals surface area contributed by atoms with E-state index in [1.807, 2.05) is 0 Å². The van der Waals surface area contributed by atoms with E-state index >= 15 is 0 Å². The van der Waals surface area contributed by atoms with Gasteiger partial charge in [-0.25, -0.2) is 0 Å². The van der Waals surface area contributed by atoms with Gasteiger partial charge in [-0.15, -0.1) is 11.8 Å². The highest BCUT2D eigenvalue weighted by atomic mass is 32.2. The molecule has 0 atom stereocenters. The summed E-state index contributed by atoms with van der Waals surface area (Å²) in [6.07, 6.45) is 1.60. The fourth-order valence-corrected chi connectivity index (χ4v) is 0.474. The Bertz CT molecular complexity index is 122. The first-order valence-electron chi connectivity index (χ1n) is 1.78. The molecule has 0 aliphatic heterocycles. The molecule has 3 N–H and O–H groups in total. The van der Waals surface area contributed by atoms with Gasteiger partial charge < -0.3 is 10.9 Å². The summed E-state index contributed by atoms with van der Waals surface area (Å²) < 4.78 is 0. The molecular weight excluding hydrogens is 128 g/mol. The lowest BCUT2D eigenvalue weighted by Gasteiger charge is -1.88. The van der Waals surface area contributed by atoms with Crippen molar-refractivity contribution in [3.63, 3.8) is 0 Å². The van der Waals surface area contributed by atoms with E-state index in [0.29, 0.717) is 0 Å². The van der Waals surface area contributed by atoms with Gasteiger partial charge in [-0.05, 0) is 6.26 Å². The van der Waals surface area contributed by atoms with Gasteiger partial charge in [0.15, 0.2) is 5.04 Å². The number of hydrogen-bond acceptors (Lipinski definition) is 4. The van der Waals surface area contributed by atoms with Crippen LogP contribution in [0.1, 0.15) is 0 Å². The third kappa shape index (κ3) is 1.83. The average molecular weight is 134 g/mol. The summed E-state index contributed by atoms with van der Waals surface area (Å²) in [4.78, 5) is 10.1. The summed E-state index contributed by atoms with van der Waals surface area (Å²) in [6, 6.07) is 0. The van der Waals surface area contributed by atoms with E-state index in [0.717, 1.165) is 11.8 Å². The van der Waals surface area contributed by atoms with Crippen LogP contribution in [0.15, 0.2) is 5.16 Å². The first-order chi connectivity index (χ1) is 3.72. The highest BCUT2D eigenvalue weighted by Crippen LogP contribution is 1.94. The SMILES string of the molecule is CS/C(=N/O)C(N)=O. The largest absolute Gasteiger partial charge is 0.410 e. The van der Waals surface area contributed by atoms with Crippen molar-refractivity contribution >= 4 is 22.7 Å². The van der Waals surface area contributed by atoms with Crippen LogP contribution in [0.3, 0.4) is 0 Å². The molecule has 46 valence electrons. The van der Waals surface area contributed by atoms with Crippen LogP contribution in [-0.4, -0.2) is 22.4 Å². The lowest BCUT2D eigenvalue weighted by Crippen LogP contribution is -2.19. The zero-order chi connectivity index (χ0) is 6.57. The Morgan fingerprint density at radius 3 is 2.38 bits per heavy atom. The van der Waals surface area contributed by atoms with Gasteiger partial charge in [0.25, 0.3) is 5.91 Å². The predicted molar refractivity (Wildman–Crippen MR) is 31.9 cm³/mol. The van der Waals surface area contributed by atoms with Gasteiger partial charge in [-0.1, -0.05) is 5.16 Å². The van der Waals surface area contributed by atoms with Crippen LogP contribution in [0.2, 0.25) is 0 Å². The molecule has 5 heteroatoms. The second kappa shape index (κ2) is 3.31. The molecule has 0 fully saturated rings. The van der Waals surface area contributed by atoms with Gasteiger partial charge in [0.1, 0.15) is 0 Å². The highest BCUT2D eigenvalue weighted by Gasteiger charge is 2.02. The van der Waals surface area contributed by atoms with Crippen LogP contribution in [0, 0.1) is 0 Å². The number of oxime groups is 1. The van der Waals surface area contributed by atoms with E-state index in [4.69, 9.17) is 10.9 Å². The van der Waals surface area contributed by atoms with Crippen LogP contribution in [0.4, 0.5) is 0 Å². The van der Waals surface area contributed by atoms with Crippen molar-refractivity contribution in [1.29, 1.82) is 0 Å². The zero-order valence-electron chi connectivity index (χ0n) is 4.29. The smallest absolute Gasteiger partial charge is 0.277 e. The van der Waals surface area contributed by atoms with Gasteiger partial charge in [-0.3, -0.25) is 4.79 Å². The number of carbonyl (C=O) groups excluding carboxylic acids is 1. The molecule has 0 unspecified atom stereocenters. The number of carbonyl (C=O) groups is 1. The van der Waals surface area contributed by atoms with Gasteiger partial charge in [0.05, 0.1) is 0 Å². The maximum absolute atomic E-state index is 10.1. The topological polar surface area (TPSA) is 75.7 Å². The molecule has 0 radical (unpaired) electrons. The molecular formula is C3H6N2O2S. The number of amides is 1. The summed E-state index contributed by atoms with van der Waals surface area (Å²) in [6.45, 7) is 0. The quantitative estimate of drug-likeness (QED) is 0.205. The summed E-state index contributed by atoms with van der Waals surface area (Å²) in [5.41, 5.74) is 4.71. The summed E-state index contributed by atoms with van der Waals surface area (Å²) in [5, 5.41) is 10.5. The Kier molecular flexibility index (Phi) is 3.02. The number of thioether (sulfide) groups is 1. The molecule has 0 aromatic heterocycles. The standard InChI is InChI=1S/C3H6N2O2S/c1-8-3(5-7)2(4)6/h7H,1H3,(H2,4,6)/b5-3+. The van der Waals surface area contributed by atoms with Crippen molar-refractivity contribution in [3.8, 4) is 0 Å². The Hall–Kier alpha value is -0.710. The van der Waals surface area contributed by atoms with Gasteiger partial charge >= 0.3 is 0 Å². The lowest BCUT2D eigenvalue weighted by atomic mass is 10.7. The summed E-state index contributed by atoms with van der Waals surface area (Å²) >= 11 is 1.00. The van der Waals surface area contributed by atoms with Crippen molar-refractivity contribution in [1.82, 2.24) is 0 Å². The molecule has 0 saturated heterocycles. The van der Waals surface area contributed by atoms with Crippen LogP contribution >= 0.6 is 11.8 Å². The van der Waals surface area contributed by atoms with E-state index in [9.17, 15) is 4.79 Å². The molecule has 1 amide bonds. The lowest BCUT2D eigenvalue weighted by molar-refractivity contribution is -0.111. The monoisotopic (exact) mass is 134 g/mol. The molecule has 4 nitrogen and oxygen atoms in total. The van der Waals surface area contributed by atoms with Gasteiger partial charge in [-0.2, -0.15) is 0 Å². The van der Waals surface area contributed by atoms with Crippen molar-refractivity contribution in [2.75, 3.05) is 6.26 Å². The number of nitrogens with two attached hydrogens (primary N) is 1. The molecule has 0 spiro atoms. The summed E-state index contributed by atoms with van der Waals surface area (Å²) in [7, 11) is 0. The first kappa shape index (κ1) is 7.29. The Morgan fingerprint density at radius 2 is 2.38 bits per heavy atom. The molecule has 0 aromatic rings. The van der Waals surface area contributed by atoms with Gasteiger partial charge in [0.2, 0.25) is 0 Å². The number of hydrogen-bond donors (Lipinski definition) is 2. The van der Waals surface area contributed by atoms with E-state index in [1.165, 1.54) is 0 Å². The zero-order valence-corrected chi connectivity index (χ0v) is 5.10. The highest BCUT2D eigenvalue weighted by molar-refractivity contribution is 8.15. The second-order valence-corrected chi connectivity index (χ2v) is 1.77. The van der Waals surface area contributed by atoms with E-state index in [2.05, 4.69) is 5.16 Å². The Labute approximate surface area is 50.7 Å². The minimum atomic E-state index is -0.708. The van der Waals surface area contributed by atoms with Crippen LogP contribution in [-0.2, 0) is 4.79 Å². The molecule has 0 aliphatic rings. The molecule has 0 saturated carbocycles. The molecule has 0 aliphatic carbocycles. The van der Waals surface area contributed by atoms with Crippen molar-refractivity contribution < 1.29 is 10.0 Å². The van der Waals surface area contributed by atoms with E-state index in [1.54, 1.807) is 6.26 Å². The third-order valence-corrected chi connectivity index (χ3v) is 1.16. The van der Waals surface area contributed by atoms with Crippen LogP contribution < -0.4 is 5.73 Å². The molecule has 0 aromatic carbocycles. The maximum Gasteiger partial charge on any atom is 0.277 e. The molecule has 0 rings (SSSR count). The third-order valence-electron chi connectivity index (χ3n) is 0.495. The normalized spacial score (nSPS) is 11.4. The number of nitrogens with zero attached hydrogens (tertiary/aromatic N) is 1. The fraction of sp³-hybridized carbons (Fsp3) is 0.333. The van der Waals surface area contributed by atoms with Crippen molar-refractivity contribution in [2.24, 2.45) is 10.9 Å². The molecule has 8 heavy (non-hydrogen) atoms. The minimum absolute atomic E-state index is 0.0787. The van der Waals surface area contributed by atoms with Gasteiger partial charge in [0, 0.05) is 0 Å². The first-order valence-corrected chi connectivity index (χ1v) is 3.00. The second-order valence-electron chi connectivity index (χ2n) is 0.974.